The highest BCUT2D eigenvalue weighted by Crippen LogP contribution is 2.24. The van der Waals surface area contributed by atoms with Crippen molar-refractivity contribution in [2.75, 3.05) is 5.32 Å². The Morgan fingerprint density at radius 2 is 1.81 bits per heavy atom. The SMILES string of the molecule is CCc1cnc2c(c1NC(C)CCc1ccccc1)c(=O)n(C)c(=O)n2C. The molecular formula is C21H26N4O2. The van der Waals surface area contributed by atoms with Gasteiger partial charge in [0.05, 0.1) is 5.69 Å². The van der Waals surface area contributed by atoms with Gasteiger partial charge in [0.25, 0.3) is 5.56 Å². The van der Waals surface area contributed by atoms with E-state index in [1.54, 1.807) is 13.2 Å². The fourth-order valence-electron chi connectivity index (χ4n) is 3.35. The highest BCUT2D eigenvalue weighted by molar-refractivity contribution is 5.90. The summed E-state index contributed by atoms with van der Waals surface area (Å²) >= 11 is 0. The summed E-state index contributed by atoms with van der Waals surface area (Å²) in [5.74, 6) is 0. The maximum Gasteiger partial charge on any atom is 0.332 e. The first-order valence-corrected chi connectivity index (χ1v) is 9.32. The summed E-state index contributed by atoms with van der Waals surface area (Å²) in [6.45, 7) is 4.15. The molecule has 0 aliphatic heterocycles. The summed E-state index contributed by atoms with van der Waals surface area (Å²) in [5, 5.41) is 4.00. The van der Waals surface area contributed by atoms with E-state index in [0.29, 0.717) is 11.0 Å². The molecule has 0 aliphatic rings. The lowest BCUT2D eigenvalue weighted by atomic mass is 10.0. The average Bonchev–Trinajstić information content (AvgIpc) is 2.69. The van der Waals surface area contributed by atoms with Gasteiger partial charge in [0.2, 0.25) is 0 Å². The van der Waals surface area contributed by atoms with Gasteiger partial charge in [-0.25, -0.2) is 9.78 Å². The van der Waals surface area contributed by atoms with E-state index in [1.165, 1.54) is 17.2 Å². The van der Waals surface area contributed by atoms with Crippen molar-refractivity contribution in [3.8, 4) is 0 Å². The summed E-state index contributed by atoms with van der Waals surface area (Å²) in [4.78, 5) is 29.4. The van der Waals surface area contributed by atoms with Crippen LogP contribution in [0.4, 0.5) is 5.69 Å². The van der Waals surface area contributed by atoms with Crippen LogP contribution in [-0.4, -0.2) is 20.2 Å². The molecule has 6 heteroatoms. The van der Waals surface area contributed by atoms with Crippen molar-refractivity contribution in [3.05, 3.63) is 68.5 Å². The summed E-state index contributed by atoms with van der Waals surface area (Å²) in [5.41, 5.74) is 2.79. The molecule has 3 aromatic rings. The van der Waals surface area contributed by atoms with Gasteiger partial charge < -0.3 is 5.32 Å². The number of hydrogen-bond donors (Lipinski definition) is 1. The zero-order valence-corrected chi connectivity index (χ0v) is 16.3. The summed E-state index contributed by atoms with van der Waals surface area (Å²) in [7, 11) is 3.15. The lowest BCUT2D eigenvalue weighted by Crippen LogP contribution is -2.38. The van der Waals surface area contributed by atoms with Gasteiger partial charge >= 0.3 is 5.69 Å². The number of nitrogens with one attached hydrogen (secondary N) is 1. The topological polar surface area (TPSA) is 68.9 Å². The lowest BCUT2D eigenvalue weighted by Gasteiger charge is -2.20. The molecule has 0 spiro atoms. The summed E-state index contributed by atoms with van der Waals surface area (Å²) < 4.78 is 2.57. The number of fused-ring (bicyclic) bond motifs is 1. The van der Waals surface area contributed by atoms with E-state index in [9.17, 15) is 9.59 Å². The van der Waals surface area contributed by atoms with Crippen LogP contribution in [0.5, 0.6) is 0 Å². The van der Waals surface area contributed by atoms with Crippen molar-refractivity contribution in [1.29, 1.82) is 0 Å². The van der Waals surface area contributed by atoms with E-state index < -0.39 is 0 Å². The Morgan fingerprint density at radius 3 is 2.48 bits per heavy atom. The van der Waals surface area contributed by atoms with Crippen molar-refractivity contribution < 1.29 is 0 Å². The molecule has 0 saturated carbocycles. The largest absolute Gasteiger partial charge is 0.382 e. The zero-order valence-electron chi connectivity index (χ0n) is 16.3. The van der Waals surface area contributed by atoms with Crippen LogP contribution in [0.3, 0.4) is 0 Å². The Morgan fingerprint density at radius 1 is 1.11 bits per heavy atom. The normalized spacial score (nSPS) is 12.3. The fourth-order valence-corrected chi connectivity index (χ4v) is 3.35. The van der Waals surface area contributed by atoms with Gasteiger partial charge in [-0.15, -0.1) is 0 Å². The van der Waals surface area contributed by atoms with Crippen LogP contribution in [0.1, 0.15) is 31.4 Å². The first-order chi connectivity index (χ1) is 12.9. The molecule has 0 bridgehead atoms. The highest BCUT2D eigenvalue weighted by Gasteiger charge is 2.17. The third-order valence-electron chi connectivity index (χ3n) is 5.03. The Kier molecular flexibility index (Phi) is 5.44. The molecule has 2 aromatic heterocycles. The molecule has 0 amide bonds. The fraction of sp³-hybridized carbons (Fsp3) is 0.381. The number of nitrogens with zero attached hydrogens (tertiary/aromatic N) is 3. The molecule has 0 aliphatic carbocycles. The first kappa shape index (κ1) is 18.9. The van der Waals surface area contributed by atoms with Crippen LogP contribution in [0.25, 0.3) is 11.0 Å². The quantitative estimate of drug-likeness (QED) is 0.728. The number of pyridine rings is 1. The smallest absolute Gasteiger partial charge is 0.332 e. The maximum atomic E-state index is 12.8. The minimum atomic E-state index is -0.368. The number of aryl methyl sites for hydroxylation is 3. The van der Waals surface area contributed by atoms with Gasteiger partial charge in [0, 0.05) is 26.3 Å². The number of rotatable bonds is 6. The van der Waals surface area contributed by atoms with Crippen LogP contribution < -0.4 is 16.6 Å². The molecule has 142 valence electrons. The second-order valence-corrected chi connectivity index (χ2v) is 6.99. The van der Waals surface area contributed by atoms with E-state index in [4.69, 9.17) is 0 Å². The monoisotopic (exact) mass is 366 g/mol. The van der Waals surface area contributed by atoms with E-state index in [-0.39, 0.29) is 17.3 Å². The number of aromatic nitrogens is 3. The molecule has 3 rings (SSSR count). The molecule has 1 aromatic carbocycles. The van der Waals surface area contributed by atoms with Gasteiger partial charge in [-0.3, -0.25) is 13.9 Å². The van der Waals surface area contributed by atoms with Crippen molar-refractivity contribution in [1.82, 2.24) is 14.1 Å². The Bertz CT molecular complexity index is 1070. The van der Waals surface area contributed by atoms with Crippen molar-refractivity contribution in [2.45, 2.75) is 39.2 Å². The molecule has 0 saturated heterocycles. The van der Waals surface area contributed by atoms with Crippen molar-refractivity contribution in [3.63, 3.8) is 0 Å². The number of benzene rings is 1. The Labute approximate surface area is 158 Å². The summed E-state index contributed by atoms with van der Waals surface area (Å²) in [6.07, 6.45) is 4.40. The maximum absolute atomic E-state index is 12.8. The zero-order chi connectivity index (χ0) is 19.6. The molecule has 1 atom stereocenters. The van der Waals surface area contributed by atoms with Crippen LogP contribution >= 0.6 is 0 Å². The predicted octanol–water partition coefficient (Wildman–Crippen LogP) is 2.63. The third kappa shape index (κ3) is 3.65. The molecular weight excluding hydrogens is 340 g/mol. The minimum absolute atomic E-state index is 0.169. The van der Waals surface area contributed by atoms with Crippen molar-refractivity contribution in [2.24, 2.45) is 14.1 Å². The standard InChI is InChI=1S/C21H26N4O2/c1-5-16-13-22-19-17(20(26)25(4)21(27)24(19)3)18(16)23-14(2)11-12-15-9-7-6-8-10-15/h6-10,13-14H,5,11-12H2,1-4H3,(H,22,23). The van der Waals surface area contributed by atoms with Gasteiger partial charge in [0.15, 0.2) is 5.65 Å². The molecule has 2 heterocycles. The lowest BCUT2D eigenvalue weighted by molar-refractivity contribution is 0.698. The van der Waals surface area contributed by atoms with Crippen LogP contribution in [0.15, 0.2) is 46.1 Å². The molecule has 1 unspecified atom stereocenters. The van der Waals surface area contributed by atoms with E-state index in [2.05, 4.69) is 29.4 Å². The minimum Gasteiger partial charge on any atom is -0.382 e. The predicted molar refractivity (Wildman–Crippen MR) is 109 cm³/mol. The molecule has 6 nitrogen and oxygen atoms in total. The van der Waals surface area contributed by atoms with E-state index >= 15 is 0 Å². The number of hydrogen-bond acceptors (Lipinski definition) is 4. The molecule has 0 fully saturated rings. The molecule has 0 radical (unpaired) electrons. The van der Waals surface area contributed by atoms with Crippen LogP contribution in [0, 0.1) is 0 Å². The Hall–Kier alpha value is -2.89. The molecule has 1 N–H and O–H groups in total. The first-order valence-electron chi connectivity index (χ1n) is 9.32. The van der Waals surface area contributed by atoms with Gasteiger partial charge in [-0.05, 0) is 37.3 Å². The highest BCUT2D eigenvalue weighted by atomic mass is 16.2. The van der Waals surface area contributed by atoms with Gasteiger partial charge in [0.1, 0.15) is 5.39 Å². The second-order valence-electron chi connectivity index (χ2n) is 6.99. The van der Waals surface area contributed by atoms with Gasteiger partial charge in [-0.1, -0.05) is 37.3 Å². The van der Waals surface area contributed by atoms with Gasteiger partial charge in [-0.2, -0.15) is 0 Å². The summed E-state index contributed by atoms with van der Waals surface area (Å²) in [6, 6.07) is 10.5. The third-order valence-corrected chi connectivity index (χ3v) is 5.03. The van der Waals surface area contributed by atoms with E-state index in [0.717, 1.165) is 35.1 Å². The second kappa shape index (κ2) is 7.78. The molecule has 27 heavy (non-hydrogen) atoms. The average molecular weight is 366 g/mol. The van der Waals surface area contributed by atoms with E-state index in [1.807, 2.05) is 25.1 Å². The van der Waals surface area contributed by atoms with Crippen molar-refractivity contribution >= 4 is 16.7 Å². The number of anilines is 1. The van der Waals surface area contributed by atoms with Crippen LogP contribution in [-0.2, 0) is 26.9 Å². The van der Waals surface area contributed by atoms with Crippen LogP contribution in [0.2, 0.25) is 0 Å². The Balaban J connectivity index is 1.99.